The highest BCUT2D eigenvalue weighted by molar-refractivity contribution is 5.79. The van der Waals surface area contributed by atoms with Crippen LogP contribution in [0, 0.1) is 0 Å². The summed E-state index contributed by atoms with van der Waals surface area (Å²) in [5, 5.41) is 12.8. The summed E-state index contributed by atoms with van der Waals surface area (Å²) in [5.41, 5.74) is 0.999. The molecule has 7 nitrogen and oxygen atoms in total. The van der Waals surface area contributed by atoms with E-state index in [2.05, 4.69) is 5.32 Å². The van der Waals surface area contributed by atoms with E-state index in [1.54, 1.807) is 39.0 Å². The number of rotatable bonds is 8. The summed E-state index contributed by atoms with van der Waals surface area (Å²) in [4.78, 5) is 24.8. The number of hydrogen-bond donors (Lipinski definition) is 2. The number of carbonyl (C=O) groups excluding carboxylic acids is 1. The van der Waals surface area contributed by atoms with E-state index in [1.807, 2.05) is 30.3 Å². The lowest BCUT2D eigenvalue weighted by molar-refractivity contribution is -0.158. The Morgan fingerprint density at radius 3 is 2.33 bits per heavy atom. The molecule has 2 aromatic carbocycles. The predicted octanol–water partition coefficient (Wildman–Crippen LogP) is 2.95. The molecule has 0 radical (unpaired) electrons. The van der Waals surface area contributed by atoms with Crippen LogP contribution in [-0.2, 0) is 27.2 Å². The molecule has 2 N–H and O–H groups in total. The van der Waals surface area contributed by atoms with Gasteiger partial charge in [0.1, 0.15) is 17.7 Å². The molecule has 1 aliphatic heterocycles. The highest BCUT2D eigenvalue weighted by Gasteiger charge is 2.30. The highest BCUT2D eigenvalue weighted by Crippen LogP contribution is 2.32. The second-order valence-corrected chi connectivity index (χ2v) is 8.23. The minimum atomic E-state index is -1.05. The maximum absolute atomic E-state index is 12.8. The van der Waals surface area contributed by atoms with Gasteiger partial charge in [-0.15, -0.1) is 0 Å². The number of ether oxygens (including phenoxy) is 3. The maximum Gasteiger partial charge on any atom is 0.324 e. The van der Waals surface area contributed by atoms with Crippen molar-refractivity contribution < 1.29 is 28.9 Å². The van der Waals surface area contributed by atoms with Crippen molar-refractivity contribution in [1.29, 1.82) is 0 Å². The van der Waals surface area contributed by atoms with E-state index < -0.39 is 29.6 Å². The SMILES string of the molecule is CC(C)(C)OC(=O)C(Cc1ccccc1)NC(Cc1ccc2c(c1)OCO2)C(=O)O. The molecular formula is C23H27NO6. The number of carboxylic acids is 1. The Labute approximate surface area is 176 Å². The van der Waals surface area contributed by atoms with Gasteiger partial charge in [0.2, 0.25) is 6.79 Å². The third-order valence-corrected chi connectivity index (χ3v) is 4.55. The number of nitrogens with one attached hydrogen (secondary N) is 1. The van der Waals surface area contributed by atoms with Crippen LogP contribution in [0.3, 0.4) is 0 Å². The number of benzene rings is 2. The fourth-order valence-electron chi connectivity index (χ4n) is 3.20. The normalized spacial score (nSPS) is 14.8. The van der Waals surface area contributed by atoms with Crippen LogP contribution < -0.4 is 14.8 Å². The molecule has 0 fully saturated rings. The summed E-state index contributed by atoms with van der Waals surface area (Å²) in [6, 6.07) is 13.0. The summed E-state index contributed by atoms with van der Waals surface area (Å²) in [6.07, 6.45) is 0.501. The second-order valence-electron chi connectivity index (χ2n) is 8.23. The van der Waals surface area contributed by atoms with Crippen LogP contribution in [-0.4, -0.2) is 41.5 Å². The number of esters is 1. The Hall–Kier alpha value is -3.06. The Bertz CT molecular complexity index is 890. The molecule has 160 valence electrons. The van der Waals surface area contributed by atoms with Crippen molar-refractivity contribution in [2.45, 2.75) is 51.3 Å². The van der Waals surface area contributed by atoms with E-state index in [0.29, 0.717) is 17.9 Å². The van der Waals surface area contributed by atoms with Gasteiger partial charge in [-0.3, -0.25) is 14.9 Å². The first-order valence-electron chi connectivity index (χ1n) is 9.85. The number of fused-ring (bicyclic) bond motifs is 1. The van der Waals surface area contributed by atoms with Crippen LogP contribution in [0.1, 0.15) is 31.9 Å². The molecule has 1 aliphatic rings. The van der Waals surface area contributed by atoms with Gasteiger partial charge in [0.25, 0.3) is 0 Å². The summed E-state index contributed by atoms with van der Waals surface area (Å²) >= 11 is 0. The number of carbonyl (C=O) groups is 2. The third kappa shape index (κ3) is 5.97. The lowest BCUT2D eigenvalue weighted by atomic mass is 10.0. The average Bonchev–Trinajstić information content (AvgIpc) is 3.14. The summed E-state index contributed by atoms with van der Waals surface area (Å²) in [7, 11) is 0. The molecule has 0 saturated carbocycles. The lowest BCUT2D eigenvalue weighted by Gasteiger charge is -2.27. The summed E-state index contributed by atoms with van der Waals surface area (Å²) in [5.74, 6) is -0.309. The fourth-order valence-corrected chi connectivity index (χ4v) is 3.20. The largest absolute Gasteiger partial charge is 0.480 e. The van der Waals surface area contributed by atoms with Crippen LogP contribution >= 0.6 is 0 Å². The van der Waals surface area contributed by atoms with Crippen LogP contribution in [0.4, 0.5) is 0 Å². The standard InChI is InChI=1S/C23H27NO6/c1-23(2,3)30-22(27)18(11-15-7-5-4-6-8-15)24-17(21(25)26)12-16-9-10-19-20(13-16)29-14-28-19/h4-10,13,17-18,24H,11-12,14H2,1-3H3,(H,25,26). The molecule has 30 heavy (non-hydrogen) atoms. The van der Waals surface area contributed by atoms with Gasteiger partial charge in [-0.05, 0) is 56.9 Å². The van der Waals surface area contributed by atoms with Crippen molar-refractivity contribution in [3.63, 3.8) is 0 Å². The van der Waals surface area contributed by atoms with Gasteiger partial charge in [0.15, 0.2) is 11.5 Å². The van der Waals surface area contributed by atoms with Crippen molar-refractivity contribution >= 4 is 11.9 Å². The zero-order chi connectivity index (χ0) is 21.7. The van der Waals surface area contributed by atoms with Crippen molar-refractivity contribution in [2.24, 2.45) is 0 Å². The average molecular weight is 413 g/mol. The van der Waals surface area contributed by atoms with Crippen molar-refractivity contribution in [1.82, 2.24) is 5.32 Å². The minimum absolute atomic E-state index is 0.150. The predicted molar refractivity (Wildman–Crippen MR) is 111 cm³/mol. The maximum atomic E-state index is 12.8. The van der Waals surface area contributed by atoms with E-state index in [-0.39, 0.29) is 13.2 Å². The van der Waals surface area contributed by atoms with Crippen LogP contribution in [0.15, 0.2) is 48.5 Å². The zero-order valence-corrected chi connectivity index (χ0v) is 17.4. The lowest BCUT2D eigenvalue weighted by Crippen LogP contribution is -2.51. The van der Waals surface area contributed by atoms with E-state index >= 15 is 0 Å². The zero-order valence-electron chi connectivity index (χ0n) is 17.4. The molecule has 1 heterocycles. The minimum Gasteiger partial charge on any atom is -0.480 e. The van der Waals surface area contributed by atoms with E-state index in [1.165, 1.54) is 0 Å². The Morgan fingerprint density at radius 1 is 1.00 bits per heavy atom. The molecule has 2 aromatic rings. The monoisotopic (exact) mass is 413 g/mol. The molecule has 3 rings (SSSR count). The van der Waals surface area contributed by atoms with Crippen LogP contribution in [0.5, 0.6) is 11.5 Å². The quantitative estimate of drug-likeness (QED) is 0.643. The molecule has 0 amide bonds. The van der Waals surface area contributed by atoms with Gasteiger partial charge in [-0.25, -0.2) is 0 Å². The van der Waals surface area contributed by atoms with Crippen molar-refractivity contribution in [2.75, 3.05) is 6.79 Å². The first-order valence-corrected chi connectivity index (χ1v) is 9.85. The smallest absolute Gasteiger partial charge is 0.324 e. The van der Waals surface area contributed by atoms with Gasteiger partial charge in [-0.1, -0.05) is 36.4 Å². The Balaban J connectivity index is 1.78. The number of hydrogen-bond acceptors (Lipinski definition) is 6. The molecule has 0 aromatic heterocycles. The molecule has 0 bridgehead atoms. The van der Waals surface area contributed by atoms with Crippen LogP contribution in [0.2, 0.25) is 0 Å². The first kappa shape index (κ1) is 21.6. The molecule has 0 spiro atoms. The van der Waals surface area contributed by atoms with Crippen molar-refractivity contribution in [3.8, 4) is 11.5 Å². The summed E-state index contributed by atoms with van der Waals surface area (Å²) in [6.45, 7) is 5.50. The van der Waals surface area contributed by atoms with Gasteiger partial charge >= 0.3 is 11.9 Å². The molecule has 7 heteroatoms. The van der Waals surface area contributed by atoms with E-state index in [9.17, 15) is 14.7 Å². The Morgan fingerprint density at radius 2 is 1.67 bits per heavy atom. The molecule has 2 atom stereocenters. The molecular weight excluding hydrogens is 386 g/mol. The van der Waals surface area contributed by atoms with E-state index in [0.717, 1.165) is 11.1 Å². The highest BCUT2D eigenvalue weighted by atomic mass is 16.7. The number of aliphatic carboxylic acids is 1. The topological polar surface area (TPSA) is 94.1 Å². The second kappa shape index (κ2) is 9.17. The van der Waals surface area contributed by atoms with Gasteiger partial charge in [-0.2, -0.15) is 0 Å². The molecule has 0 saturated heterocycles. The van der Waals surface area contributed by atoms with E-state index in [4.69, 9.17) is 14.2 Å². The fraction of sp³-hybridized carbons (Fsp3) is 0.391. The first-order chi connectivity index (χ1) is 14.2. The molecule has 0 aliphatic carbocycles. The van der Waals surface area contributed by atoms with Gasteiger partial charge in [0.05, 0.1) is 0 Å². The third-order valence-electron chi connectivity index (χ3n) is 4.55. The Kier molecular flexibility index (Phi) is 6.62. The number of carboxylic acid groups (broad SMARTS) is 1. The molecule has 2 unspecified atom stereocenters. The van der Waals surface area contributed by atoms with Gasteiger partial charge in [0, 0.05) is 0 Å². The van der Waals surface area contributed by atoms with Crippen molar-refractivity contribution in [3.05, 3.63) is 59.7 Å². The summed E-state index contributed by atoms with van der Waals surface area (Å²) < 4.78 is 16.2. The van der Waals surface area contributed by atoms with Gasteiger partial charge < -0.3 is 19.3 Å². The van der Waals surface area contributed by atoms with Crippen LogP contribution in [0.25, 0.3) is 0 Å².